The third-order valence-corrected chi connectivity index (χ3v) is 6.07. The van der Waals surface area contributed by atoms with Crippen LogP contribution in [0, 0.1) is 11.3 Å². The molecule has 35 heavy (non-hydrogen) atoms. The summed E-state index contributed by atoms with van der Waals surface area (Å²) in [6.07, 6.45) is 4.63. The summed E-state index contributed by atoms with van der Waals surface area (Å²) in [6.45, 7) is 1.49. The van der Waals surface area contributed by atoms with Gasteiger partial charge >= 0.3 is 7.12 Å². The van der Waals surface area contributed by atoms with Gasteiger partial charge in [-0.05, 0) is 53.3 Å². The molecule has 2 aromatic carbocycles. The van der Waals surface area contributed by atoms with Crippen LogP contribution in [0.5, 0.6) is 0 Å². The Kier molecular flexibility index (Phi) is 8.06. The number of carbonyl (C=O) groups is 1. The zero-order valence-electron chi connectivity index (χ0n) is 19.3. The van der Waals surface area contributed by atoms with Crippen LogP contribution in [0.25, 0.3) is 11.6 Å². The maximum Gasteiger partial charge on any atom is 0.475 e. The summed E-state index contributed by atoms with van der Waals surface area (Å²) >= 11 is 0. The average molecular weight is 466 g/mol. The van der Waals surface area contributed by atoms with Crippen LogP contribution in [-0.4, -0.2) is 52.0 Å². The highest BCUT2D eigenvalue weighted by atomic mass is 16.4. The van der Waals surface area contributed by atoms with E-state index in [1.165, 1.54) is 5.56 Å². The number of benzene rings is 2. The van der Waals surface area contributed by atoms with Gasteiger partial charge in [-0.3, -0.25) is 14.7 Å². The van der Waals surface area contributed by atoms with E-state index in [1.54, 1.807) is 6.20 Å². The molecule has 1 atom stereocenters. The van der Waals surface area contributed by atoms with Crippen LogP contribution >= 0.6 is 0 Å². The lowest BCUT2D eigenvalue weighted by molar-refractivity contribution is -0.122. The third kappa shape index (κ3) is 6.64. The van der Waals surface area contributed by atoms with E-state index in [4.69, 9.17) is 0 Å². The highest BCUT2D eigenvalue weighted by Gasteiger charge is 2.27. The number of hydrogen-bond acceptors (Lipinski definition) is 6. The van der Waals surface area contributed by atoms with Crippen molar-refractivity contribution in [2.45, 2.75) is 25.3 Å². The monoisotopic (exact) mass is 466 g/mol. The Bertz CT molecular complexity index is 1230. The van der Waals surface area contributed by atoms with E-state index in [1.807, 2.05) is 65.6 Å². The zero-order chi connectivity index (χ0) is 24.6. The van der Waals surface area contributed by atoms with Gasteiger partial charge in [0.2, 0.25) is 5.91 Å². The van der Waals surface area contributed by atoms with E-state index in [0.29, 0.717) is 24.2 Å². The van der Waals surface area contributed by atoms with Gasteiger partial charge in [-0.25, -0.2) is 0 Å². The normalized spacial score (nSPS) is 14.5. The number of nitriles is 1. The molecule has 2 heterocycles. The highest BCUT2D eigenvalue weighted by Crippen LogP contribution is 2.23. The summed E-state index contributed by atoms with van der Waals surface area (Å²) in [5.74, 6) is -1.03. The summed E-state index contributed by atoms with van der Waals surface area (Å²) in [7, 11) is -1.65. The molecule has 0 radical (unpaired) electrons. The molecule has 7 nitrogen and oxygen atoms in total. The van der Waals surface area contributed by atoms with Gasteiger partial charge < -0.3 is 15.4 Å². The molecule has 0 unspecified atom stereocenters. The van der Waals surface area contributed by atoms with E-state index in [0.717, 1.165) is 29.7 Å². The summed E-state index contributed by atoms with van der Waals surface area (Å²) in [4.78, 5) is 19.0. The second-order valence-corrected chi connectivity index (χ2v) is 8.65. The first-order chi connectivity index (χ1) is 17.0. The van der Waals surface area contributed by atoms with E-state index in [2.05, 4.69) is 28.5 Å². The first-order valence-electron chi connectivity index (χ1n) is 11.6. The fourth-order valence-electron chi connectivity index (χ4n) is 4.27. The lowest BCUT2D eigenvalue weighted by Crippen LogP contribution is -2.51. The topological polar surface area (TPSA) is 109 Å². The number of fused-ring (bicyclic) bond motifs is 1. The van der Waals surface area contributed by atoms with Crippen LogP contribution in [0.3, 0.4) is 0 Å². The summed E-state index contributed by atoms with van der Waals surface area (Å²) in [5.41, 5.74) is 5.28. The van der Waals surface area contributed by atoms with Crippen molar-refractivity contribution in [3.63, 3.8) is 0 Å². The van der Waals surface area contributed by atoms with Crippen molar-refractivity contribution in [1.82, 2.24) is 15.2 Å². The second kappa shape index (κ2) is 11.6. The number of aromatic nitrogens is 1. The van der Waals surface area contributed by atoms with E-state index >= 15 is 0 Å². The average Bonchev–Trinajstić information content (AvgIpc) is 2.87. The minimum Gasteiger partial charge on any atom is -0.426 e. The largest absolute Gasteiger partial charge is 0.475 e. The molecule has 0 saturated heterocycles. The second-order valence-electron chi connectivity index (χ2n) is 8.65. The minimum absolute atomic E-state index is 0.162. The molecule has 1 aromatic heterocycles. The van der Waals surface area contributed by atoms with Crippen LogP contribution in [0.15, 0.2) is 72.9 Å². The number of carbonyl (C=O) groups excluding carboxylic acids is 1. The van der Waals surface area contributed by atoms with Crippen molar-refractivity contribution in [2.24, 2.45) is 0 Å². The number of pyridine rings is 1. The van der Waals surface area contributed by atoms with Crippen LogP contribution in [0.4, 0.5) is 0 Å². The van der Waals surface area contributed by atoms with Gasteiger partial charge in [0.05, 0.1) is 23.8 Å². The number of nitrogens with one attached hydrogen (secondary N) is 1. The molecule has 8 heteroatoms. The van der Waals surface area contributed by atoms with Crippen molar-refractivity contribution >= 4 is 24.7 Å². The third-order valence-electron chi connectivity index (χ3n) is 6.07. The molecular weight excluding hydrogens is 439 g/mol. The number of rotatable bonds is 8. The summed E-state index contributed by atoms with van der Waals surface area (Å²) < 4.78 is 0. The van der Waals surface area contributed by atoms with Gasteiger partial charge in [0.15, 0.2) is 0 Å². The fraction of sp³-hybridized carbons (Fsp3) is 0.222. The Morgan fingerprint density at radius 3 is 2.66 bits per heavy atom. The van der Waals surface area contributed by atoms with Gasteiger partial charge in [0.25, 0.3) is 0 Å². The molecule has 1 aliphatic rings. The number of amides is 1. The van der Waals surface area contributed by atoms with Crippen molar-refractivity contribution in [1.29, 1.82) is 5.26 Å². The van der Waals surface area contributed by atoms with Crippen LogP contribution in [-0.2, 0) is 24.2 Å². The lowest BCUT2D eigenvalue weighted by atomic mass is 9.76. The maximum atomic E-state index is 12.7. The first-order valence-corrected chi connectivity index (χ1v) is 11.6. The minimum atomic E-state index is -1.65. The molecule has 3 N–H and O–H groups in total. The van der Waals surface area contributed by atoms with Crippen molar-refractivity contribution in [2.75, 3.05) is 13.1 Å². The van der Waals surface area contributed by atoms with Crippen molar-refractivity contribution < 1.29 is 14.8 Å². The van der Waals surface area contributed by atoms with Gasteiger partial charge in [-0.1, -0.05) is 54.6 Å². The van der Waals surface area contributed by atoms with Crippen molar-refractivity contribution in [3.05, 3.63) is 101 Å². The SMILES string of the molecule is N#CC(=Cc1ccc2c(c1)CN(CC(=O)N[C@@H](Cc1ccccc1)B(O)O)CC2)c1ccccn1. The Morgan fingerprint density at radius 1 is 1.14 bits per heavy atom. The molecule has 176 valence electrons. The number of nitrogens with zero attached hydrogens (tertiary/aromatic N) is 3. The molecule has 0 spiro atoms. The summed E-state index contributed by atoms with van der Waals surface area (Å²) in [5, 5.41) is 31.9. The number of allylic oxidation sites excluding steroid dienone is 1. The van der Waals surface area contributed by atoms with Gasteiger partial charge in [0.1, 0.15) is 6.07 Å². The van der Waals surface area contributed by atoms with Crippen LogP contribution in [0.2, 0.25) is 0 Å². The molecule has 0 saturated carbocycles. The lowest BCUT2D eigenvalue weighted by Gasteiger charge is -2.29. The number of hydrogen-bond donors (Lipinski definition) is 3. The molecule has 4 rings (SSSR count). The Hall–Kier alpha value is -3.77. The van der Waals surface area contributed by atoms with Crippen LogP contribution < -0.4 is 5.32 Å². The maximum absolute atomic E-state index is 12.7. The first kappa shape index (κ1) is 24.4. The molecule has 1 aliphatic heterocycles. The predicted molar refractivity (Wildman–Crippen MR) is 135 cm³/mol. The molecule has 0 fully saturated rings. The van der Waals surface area contributed by atoms with Crippen LogP contribution in [0.1, 0.15) is 27.9 Å². The molecule has 0 aliphatic carbocycles. The zero-order valence-corrected chi connectivity index (χ0v) is 19.3. The van der Waals surface area contributed by atoms with Gasteiger partial charge in [-0.15, -0.1) is 0 Å². The fourth-order valence-corrected chi connectivity index (χ4v) is 4.27. The van der Waals surface area contributed by atoms with E-state index in [9.17, 15) is 20.1 Å². The summed E-state index contributed by atoms with van der Waals surface area (Å²) in [6, 6.07) is 23.2. The Balaban J connectivity index is 1.41. The molecular formula is C27H27BN4O3. The van der Waals surface area contributed by atoms with E-state index < -0.39 is 13.1 Å². The smallest absolute Gasteiger partial charge is 0.426 e. The van der Waals surface area contributed by atoms with Gasteiger partial charge in [-0.2, -0.15) is 5.26 Å². The Morgan fingerprint density at radius 2 is 1.94 bits per heavy atom. The predicted octanol–water partition coefficient (Wildman–Crippen LogP) is 2.24. The highest BCUT2D eigenvalue weighted by molar-refractivity contribution is 6.43. The van der Waals surface area contributed by atoms with Crippen molar-refractivity contribution in [3.8, 4) is 6.07 Å². The molecule has 0 bridgehead atoms. The standard InChI is InChI=1S/C27H27BN4O3/c29-17-23(25-8-4-5-12-30-25)14-21-9-10-22-11-13-32(18-24(22)15-21)19-27(33)31-26(28(34)35)16-20-6-2-1-3-7-20/h1-10,12,14-15,26,34-35H,11,13,16,18-19H2,(H,31,33)/t26-/m0/s1. The van der Waals surface area contributed by atoms with Gasteiger partial charge in [0, 0.05) is 19.3 Å². The molecule has 3 aromatic rings. The quantitative estimate of drug-likeness (QED) is 0.347. The van der Waals surface area contributed by atoms with E-state index in [-0.39, 0.29) is 12.5 Å². The molecule has 1 amide bonds. The Labute approximate surface area is 205 Å².